The predicted octanol–water partition coefficient (Wildman–Crippen LogP) is 4.49. The molecular weight excluding hydrogens is 387 g/mol. The molecule has 29 heavy (non-hydrogen) atoms. The summed E-state index contributed by atoms with van der Waals surface area (Å²) < 4.78 is 14.3. The Labute approximate surface area is 175 Å². The molecule has 0 aliphatic carbocycles. The number of fused-ring (bicyclic) bond motifs is 1. The summed E-state index contributed by atoms with van der Waals surface area (Å²) in [6, 6.07) is 12.2. The van der Waals surface area contributed by atoms with Crippen LogP contribution < -0.4 is 9.80 Å². The first-order valence-electron chi connectivity index (χ1n) is 9.80. The van der Waals surface area contributed by atoms with Crippen LogP contribution in [0.4, 0.5) is 15.2 Å². The van der Waals surface area contributed by atoms with Gasteiger partial charge in [0.15, 0.2) is 5.13 Å². The van der Waals surface area contributed by atoms with Gasteiger partial charge in [-0.2, -0.15) is 0 Å². The minimum Gasteiger partial charge on any atom is -0.372 e. The third-order valence-corrected chi connectivity index (χ3v) is 5.87. The maximum atomic E-state index is 13.6. The Morgan fingerprint density at radius 1 is 1.03 bits per heavy atom. The maximum absolute atomic E-state index is 13.6. The van der Waals surface area contributed by atoms with Crippen LogP contribution >= 0.6 is 11.3 Å². The molecule has 0 saturated heterocycles. The van der Waals surface area contributed by atoms with Gasteiger partial charge >= 0.3 is 0 Å². The van der Waals surface area contributed by atoms with Crippen molar-refractivity contribution in [2.75, 3.05) is 50.1 Å². The molecule has 1 amide bonds. The highest BCUT2D eigenvalue weighted by atomic mass is 32.1. The molecule has 0 radical (unpaired) electrons. The topological polar surface area (TPSA) is 39.7 Å². The van der Waals surface area contributed by atoms with Crippen molar-refractivity contribution < 1.29 is 9.18 Å². The minimum atomic E-state index is -0.300. The minimum absolute atomic E-state index is 0.0996. The van der Waals surface area contributed by atoms with Crippen LogP contribution in [0.2, 0.25) is 0 Å². The van der Waals surface area contributed by atoms with Gasteiger partial charge in [0.05, 0.1) is 10.2 Å². The molecule has 0 aliphatic heterocycles. The number of anilines is 2. The van der Waals surface area contributed by atoms with E-state index in [9.17, 15) is 9.18 Å². The number of nitrogens with zero attached hydrogens (tertiary/aromatic N) is 4. The number of hydrogen-bond donors (Lipinski definition) is 0. The molecule has 0 aliphatic rings. The third kappa shape index (κ3) is 4.92. The lowest BCUT2D eigenvalue weighted by Crippen LogP contribution is -2.36. The smallest absolute Gasteiger partial charge is 0.260 e. The molecule has 1 aromatic heterocycles. The summed E-state index contributed by atoms with van der Waals surface area (Å²) >= 11 is 1.34. The van der Waals surface area contributed by atoms with E-state index in [1.165, 1.54) is 23.5 Å². The van der Waals surface area contributed by atoms with E-state index in [-0.39, 0.29) is 11.7 Å². The number of carbonyl (C=O) groups is 1. The monoisotopic (exact) mass is 414 g/mol. The molecule has 2 aromatic carbocycles. The summed E-state index contributed by atoms with van der Waals surface area (Å²) in [4.78, 5) is 23.8. The zero-order valence-electron chi connectivity index (χ0n) is 17.4. The van der Waals surface area contributed by atoms with Gasteiger partial charge in [-0.1, -0.05) is 11.3 Å². The van der Waals surface area contributed by atoms with E-state index in [0.717, 1.165) is 23.5 Å². The standard InChI is InChI=1S/C22H27FN4OS/c1-5-26(6-2)18-10-7-16(8-11-18)21(28)27(14-13-25(3)4)22-24-19-12-9-17(23)15-20(19)29-22/h7-12,15H,5-6,13-14H2,1-4H3. The van der Waals surface area contributed by atoms with E-state index in [2.05, 4.69) is 23.7 Å². The Balaban J connectivity index is 1.91. The van der Waals surface area contributed by atoms with E-state index in [1.54, 1.807) is 11.0 Å². The molecule has 7 heteroatoms. The second-order valence-electron chi connectivity index (χ2n) is 7.09. The Bertz CT molecular complexity index is 967. The van der Waals surface area contributed by atoms with Gasteiger partial charge in [-0.05, 0) is 70.4 Å². The van der Waals surface area contributed by atoms with Crippen LogP contribution in [-0.4, -0.2) is 56.1 Å². The van der Waals surface area contributed by atoms with E-state index in [1.807, 2.05) is 43.3 Å². The second-order valence-corrected chi connectivity index (χ2v) is 8.10. The summed E-state index contributed by atoms with van der Waals surface area (Å²) in [5.74, 6) is -0.400. The number of benzene rings is 2. The van der Waals surface area contributed by atoms with Crippen molar-refractivity contribution in [1.82, 2.24) is 9.88 Å². The third-order valence-electron chi connectivity index (χ3n) is 4.83. The van der Waals surface area contributed by atoms with Gasteiger partial charge in [0.1, 0.15) is 5.82 Å². The van der Waals surface area contributed by atoms with Gasteiger partial charge in [0.2, 0.25) is 0 Å². The molecular formula is C22H27FN4OS. The first-order valence-corrected chi connectivity index (χ1v) is 10.6. The highest BCUT2D eigenvalue weighted by Crippen LogP contribution is 2.30. The number of hydrogen-bond acceptors (Lipinski definition) is 5. The second kappa shape index (κ2) is 9.33. The van der Waals surface area contributed by atoms with Crippen molar-refractivity contribution in [3.63, 3.8) is 0 Å². The van der Waals surface area contributed by atoms with Crippen molar-refractivity contribution in [1.29, 1.82) is 0 Å². The number of halogens is 1. The van der Waals surface area contributed by atoms with Crippen LogP contribution in [0.3, 0.4) is 0 Å². The Morgan fingerprint density at radius 2 is 1.72 bits per heavy atom. The van der Waals surface area contributed by atoms with Gasteiger partial charge in [0, 0.05) is 37.4 Å². The van der Waals surface area contributed by atoms with E-state index >= 15 is 0 Å². The molecule has 5 nitrogen and oxygen atoms in total. The normalized spacial score (nSPS) is 11.2. The summed E-state index contributed by atoms with van der Waals surface area (Å²) in [7, 11) is 3.94. The fourth-order valence-corrected chi connectivity index (χ4v) is 4.16. The molecule has 0 unspecified atom stereocenters. The Hall–Kier alpha value is -2.51. The molecule has 0 saturated carbocycles. The number of aromatic nitrogens is 1. The largest absolute Gasteiger partial charge is 0.372 e. The maximum Gasteiger partial charge on any atom is 0.260 e. The Morgan fingerprint density at radius 3 is 2.34 bits per heavy atom. The van der Waals surface area contributed by atoms with Crippen molar-refractivity contribution in [2.24, 2.45) is 0 Å². The molecule has 154 valence electrons. The summed E-state index contributed by atoms with van der Waals surface area (Å²) in [5, 5.41) is 0.588. The van der Waals surface area contributed by atoms with Crippen LogP contribution in [0, 0.1) is 5.82 Å². The lowest BCUT2D eigenvalue weighted by atomic mass is 10.1. The van der Waals surface area contributed by atoms with Gasteiger partial charge in [-0.25, -0.2) is 9.37 Å². The van der Waals surface area contributed by atoms with Crippen LogP contribution in [0.1, 0.15) is 24.2 Å². The molecule has 1 heterocycles. The van der Waals surface area contributed by atoms with Gasteiger partial charge in [-0.3, -0.25) is 9.69 Å². The van der Waals surface area contributed by atoms with Gasteiger partial charge in [0.25, 0.3) is 5.91 Å². The SMILES string of the molecule is CCN(CC)c1ccc(C(=O)N(CCN(C)C)c2nc3ccc(F)cc3s2)cc1. The van der Waals surface area contributed by atoms with Crippen molar-refractivity contribution in [3.8, 4) is 0 Å². The van der Waals surface area contributed by atoms with E-state index in [4.69, 9.17) is 0 Å². The highest BCUT2D eigenvalue weighted by Gasteiger charge is 2.22. The van der Waals surface area contributed by atoms with Crippen LogP contribution in [0.25, 0.3) is 10.2 Å². The van der Waals surface area contributed by atoms with Gasteiger partial charge in [-0.15, -0.1) is 0 Å². The molecule has 0 spiro atoms. The van der Waals surface area contributed by atoms with Crippen molar-refractivity contribution in [2.45, 2.75) is 13.8 Å². The summed E-state index contributed by atoms with van der Waals surface area (Å²) in [6.45, 7) is 7.27. The average molecular weight is 415 g/mol. The lowest BCUT2D eigenvalue weighted by Gasteiger charge is -2.23. The van der Waals surface area contributed by atoms with Crippen molar-refractivity contribution in [3.05, 3.63) is 53.8 Å². The van der Waals surface area contributed by atoms with Crippen LogP contribution in [-0.2, 0) is 0 Å². The Kier molecular flexibility index (Phi) is 6.82. The molecule has 0 atom stereocenters. The van der Waals surface area contributed by atoms with Crippen LogP contribution in [0.5, 0.6) is 0 Å². The fourth-order valence-electron chi connectivity index (χ4n) is 3.15. The van der Waals surface area contributed by atoms with E-state index in [0.29, 0.717) is 29.3 Å². The lowest BCUT2D eigenvalue weighted by molar-refractivity contribution is 0.0985. The first-order chi connectivity index (χ1) is 13.9. The first kappa shape index (κ1) is 21.2. The number of thiazole rings is 1. The molecule has 3 rings (SSSR count). The van der Waals surface area contributed by atoms with Crippen molar-refractivity contribution >= 4 is 38.3 Å². The highest BCUT2D eigenvalue weighted by molar-refractivity contribution is 7.22. The molecule has 0 bridgehead atoms. The average Bonchev–Trinajstić information content (AvgIpc) is 3.12. The number of carbonyl (C=O) groups excluding carboxylic acids is 1. The number of likely N-dealkylation sites (N-methyl/N-ethyl adjacent to an activating group) is 1. The molecule has 0 N–H and O–H groups in total. The summed E-state index contributed by atoms with van der Waals surface area (Å²) in [6.07, 6.45) is 0. The zero-order valence-corrected chi connectivity index (χ0v) is 18.2. The number of amides is 1. The summed E-state index contributed by atoms with van der Waals surface area (Å²) in [5.41, 5.74) is 2.41. The zero-order chi connectivity index (χ0) is 21.0. The molecule has 0 fully saturated rings. The predicted molar refractivity (Wildman–Crippen MR) is 120 cm³/mol. The van der Waals surface area contributed by atoms with Crippen LogP contribution in [0.15, 0.2) is 42.5 Å². The fraction of sp³-hybridized carbons (Fsp3) is 0.364. The van der Waals surface area contributed by atoms with E-state index < -0.39 is 0 Å². The van der Waals surface area contributed by atoms with Gasteiger partial charge < -0.3 is 9.80 Å². The quantitative estimate of drug-likeness (QED) is 0.544. The molecule has 3 aromatic rings. The number of rotatable bonds is 8.